The van der Waals surface area contributed by atoms with Gasteiger partial charge in [-0.05, 0) is 37.2 Å². The molecule has 12 heteroatoms. The Morgan fingerprint density at radius 3 is 2.82 bits per heavy atom. The first-order valence-electron chi connectivity index (χ1n) is 10.7. The Bertz CT molecular complexity index is 1340. The van der Waals surface area contributed by atoms with Gasteiger partial charge in [0, 0.05) is 18.3 Å². The van der Waals surface area contributed by atoms with Crippen LogP contribution in [0.1, 0.15) is 6.42 Å². The van der Waals surface area contributed by atoms with Crippen LogP contribution in [0.15, 0.2) is 36.8 Å². The molecule has 0 amide bonds. The Morgan fingerprint density at radius 1 is 1.26 bits per heavy atom. The maximum atomic E-state index is 14.5. The van der Waals surface area contributed by atoms with Crippen molar-refractivity contribution in [2.75, 3.05) is 32.6 Å². The van der Waals surface area contributed by atoms with E-state index in [4.69, 9.17) is 4.74 Å². The lowest BCUT2D eigenvalue weighted by Gasteiger charge is -2.36. The first-order valence-corrected chi connectivity index (χ1v) is 10.7. The van der Waals surface area contributed by atoms with E-state index < -0.39 is 24.9 Å². The second-order valence-corrected chi connectivity index (χ2v) is 8.44. The summed E-state index contributed by atoms with van der Waals surface area (Å²) < 4.78 is 63.2. The van der Waals surface area contributed by atoms with Gasteiger partial charge in [-0.1, -0.05) is 6.07 Å². The lowest BCUT2D eigenvalue weighted by molar-refractivity contribution is -0.0675. The number of rotatable bonds is 6. The highest BCUT2D eigenvalue weighted by atomic mass is 19.3. The number of benzene rings is 1. The van der Waals surface area contributed by atoms with E-state index in [1.807, 2.05) is 6.07 Å². The van der Waals surface area contributed by atoms with Crippen LogP contribution in [-0.4, -0.2) is 74.7 Å². The number of methoxy groups -OCH3 is 1. The predicted molar refractivity (Wildman–Crippen MR) is 119 cm³/mol. The Kier molecular flexibility index (Phi) is 5.54. The van der Waals surface area contributed by atoms with Gasteiger partial charge in [0.1, 0.15) is 5.52 Å². The van der Waals surface area contributed by atoms with Crippen molar-refractivity contribution in [1.29, 1.82) is 0 Å². The number of alkyl halides is 4. The summed E-state index contributed by atoms with van der Waals surface area (Å²) in [7, 11) is 3.10. The third-order valence-corrected chi connectivity index (χ3v) is 6.03. The van der Waals surface area contributed by atoms with Gasteiger partial charge in [0.15, 0.2) is 0 Å². The molecule has 1 fully saturated rings. The molecule has 5 rings (SSSR count). The van der Waals surface area contributed by atoms with Crippen LogP contribution >= 0.6 is 0 Å². The van der Waals surface area contributed by atoms with Crippen LogP contribution in [-0.2, 0) is 6.54 Å². The van der Waals surface area contributed by atoms with E-state index in [9.17, 15) is 17.6 Å². The molecule has 3 aromatic heterocycles. The Balaban J connectivity index is 1.52. The molecule has 0 saturated carbocycles. The summed E-state index contributed by atoms with van der Waals surface area (Å²) in [5, 5.41) is 7.14. The fraction of sp³-hybridized carbons (Fsp3) is 0.409. The molecule has 4 aromatic rings. The molecule has 0 spiro atoms. The number of hydrogen-bond donors (Lipinski definition) is 1. The van der Waals surface area contributed by atoms with E-state index in [0.29, 0.717) is 28.7 Å². The Hall–Kier alpha value is -3.41. The average molecular weight is 477 g/mol. The third kappa shape index (κ3) is 4.02. The zero-order valence-corrected chi connectivity index (χ0v) is 18.6. The van der Waals surface area contributed by atoms with E-state index in [1.165, 1.54) is 22.5 Å². The molecule has 0 bridgehead atoms. The lowest BCUT2D eigenvalue weighted by Crippen LogP contribution is -2.53. The van der Waals surface area contributed by atoms with E-state index in [1.54, 1.807) is 36.3 Å². The van der Waals surface area contributed by atoms with Crippen LogP contribution in [0.25, 0.3) is 27.7 Å². The van der Waals surface area contributed by atoms with Crippen molar-refractivity contribution in [2.45, 2.75) is 31.4 Å². The number of halogens is 4. The molecule has 1 unspecified atom stereocenters. The average Bonchev–Trinajstić information content (AvgIpc) is 3.38. The molecule has 1 aromatic carbocycles. The normalized spacial score (nSPS) is 18.7. The monoisotopic (exact) mass is 477 g/mol. The van der Waals surface area contributed by atoms with Crippen LogP contribution in [0.4, 0.5) is 23.5 Å². The maximum absolute atomic E-state index is 14.5. The number of nitrogens with one attached hydrogen (secondary N) is 1. The zero-order chi connectivity index (χ0) is 24.0. The number of likely N-dealkylation sites (tertiary alicyclic amines) is 1. The van der Waals surface area contributed by atoms with Gasteiger partial charge in [-0.15, -0.1) is 5.10 Å². The number of nitrogens with zero attached hydrogens (tertiary/aromatic N) is 6. The summed E-state index contributed by atoms with van der Waals surface area (Å²) in [6, 6.07) is 6.03. The molecule has 1 aliphatic rings. The maximum Gasteiger partial charge on any atom is 0.280 e. The summed E-state index contributed by atoms with van der Waals surface area (Å²) in [6.07, 6.45) is 0.802. The highest BCUT2D eigenvalue weighted by Gasteiger charge is 2.44. The first-order chi connectivity index (χ1) is 16.2. The first kappa shape index (κ1) is 22.4. The number of ether oxygens (including phenoxy) is 1. The van der Waals surface area contributed by atoms with E-state index >= 15 is 0 Å². The molecule has 1 atom stereocenters. The van der Waals surface area contributed by atoms with Gasteiger partial charge in [0.05, 0.1) is 43.6 Å². The SMILES string of the molecule is COc1nc(NC2CCN(C)CC2(F)F)nn2ccc(-c3ccc4ncn(CC(F)F)c4c3)c12. The standard InChI is InChI=1S/C22H23F4N7O/c1-31-7-6-17(22(25,26)11-31)28-21-29-20(34-2)19-14(5-8-33(19)30-21)13-3-4-15-16(9-13)32(12-27-15)10-18(23)24/h3-5,8-9,12,17-18H,6-7,10-11H2,1-2H3,(H,28,30). The summed E-state index contributed by atoms with van der Waals surface area (Å²) >= 11 is 0. The quantitative estimate of drug-likeness (QED) is 0.427. The van der Waals surface area contributed by atoms with Crippen LogP contribution in [0.2, 0.25) is 0 Å². The number of piperidine rings is 1. The van der Waals surface area contributed by atoms with Crippen LogP contribution < -0.4 is 10.1 Å². The van der Waals surface area contributed by atoms with Gasteiger partial charge in [0.25, 0.3) is 12.3 Å². The fourth-order valence-corrected chi connectivity index (χ4v) is 4.39. The molecule has 1 N–H and O–H groups in total. The van der Waals surface area contributed by atoms with E-state index in [0.717, 1.165) is 5.56 Å². The van der Waals surface area contributed by atoms with Crippen molar-refractivity contribution in [3.8, 4) is 17.0 Å². The number of hydrogen-bond acceptors (Lipinski definition) is 6. The second-order valence-electron chi connectivity index (χ2n) is 8.44. The number of anilines is 1. The molecule has 1 aliphatic heterocycles. The molecule has 0 aliphatic carbocycles. The van der Waals surface area contributed by atoms with Crippen LogP contribution in [0.3, 0.4) is 0 Å². The fourth-order valence-electron chi connectivity index (χ4n) is 4.39. The van der Waals surface area contributed by atoms with Crippen molar-refractivity contribution >= 4 is 22.5 Å². The summed E-state index contributed by atoms with van der Waals surface area (Å²) in [4.78, 5) is 10.1. The van der Waals surface area contributed by atoms with Crippen molar-refractivity contribution in [1.82, 2.24) is 29.0 Å². The van der Waals surface area contributed by atoms with Crippen molar-refractivity contribution in [3.05, 3.63) is 36.8 Å². The molecule has 34 heavy (non-hydrogen) atoms. The molecular formula is C22H23F4N7O. The third-order valence-electron chi connectivity index (χ3n) is 6.03. The van der Waals surface area contributed by atoms with E-state index in [2.05, 4.69) is 20.4 Å². The summed E-state index contributed by atoms with van der Waals surface area (Å²) in [6.45, 7) is -0.271. The minimum absolute atomic E-state index is 0.0335. The minimum Gasteiger partial charge on any atom is -0.479 e. The molecule has 4 heterocycles. The largest absolute Gasteiger partial charge is 0.479 e. The highest BCUT2D eigenvalue weighted by Crippen LogP contribution is 2.34. The number of imidazole rings is 1. The predicted octanol–water partition coefficient (Wildman–Crippen LogP) is 3.77. The summed E-state index contributed by atoms with van der Waals surface area (Å²) in [5.41, 5.74) is 3.14. The lowest BCUT2D eigenvalue weighted by atomic mass is 10.0. The van der Waals surface area contributed by atoms with Gasteiger partial charge < -0.3 is 19.5 Å². The van der Waals surface area contributed by atoms with Crippen LogP contribution in [0.5, 0.6) is 5.88 Å². The topological polar surface area (TPSA) is 72.5 Å². The van der Waals surface area contributed by atoms with Crippen LogP contribution in [0, 0.1) is 0 Å². The van der Waals surface area contributed by atoms with Crippen molar-refractivity contribution in [3.63, 3.8) is 0 Å². The minimum atomic E-state index is -2.93. The van der Waals surface area contributed by atoms with Gasteiger partial charge >= 0.3 is 0 Å². The van der Waals surface area contributed by atoms with E-state index in [-0.39, 0.29) is 24.8 Å². The molecule has 0 radical (unpaired) electrons. The highest BCUT2D eigenvalue weighted by molar-refractivity contribution is 5.89. The Labute approximate surface area is 192 Å². The molecule has 8 nitrogen and oxygen atoms in total. The van der Waals surface area contributed by atoms with Gasteiger partial charge in [0.2, 0.25) is 11.8 Å². The van der Waals surface area contributed by atoms with Gasteiger partial charge in [-0.2, -0.15) is 4.98 Å². The second kappa shape index (κ2) is 8.42. The molecular weight excluding hydrogens is 454 g/mol. The van der Waals surface area contributed by atoms with Gasteiger partial charge in [-0.25, -0.2) is 27.1 Å². The Morgan fingerprint density at radius 2 is 2.09 bits per heavy atom. The number of fused-ring (bicyclic) bond motifs is 2. The summed E-state index contributed by atoms with van der Waals surface area (Å²) in [5.74, 6) is -2.70. The van der Waals surface area contributed by atoms with Crippen molar-refractivity contribution in [2.24, 2.45) is 0 Å². The zero-order valence-electron chi connectivity index (χ0n) is 18.6. The number of aromatic nitrogens is 5. The molecule has 180 valence electrons. The molecule has 1 saturated heterocycles. The smallest absolute Gasteiger partial charge is 0.280 e. The van der Waals surface area contributed by atoms with Crippen molar-refractivity contribution < 1.29 is 22.3 Å². The van der Waals surface area contributed by atoms with Gasteiger partial charge in [-0.3, -0.25) is 0 Å².